The van der Waals surface area contributed by atoms with Crippen molar-refractivity contribution in [2.45, 2.75) is 12.5 Å². The Morgan fingerprint density at radius 1 is 1.32 bits per heavy atom. The zero-order valence-corrected chi connectivity index (χ0v) is 13.6. The summed E-state index contributed by atoms with van der Waals surface area (Å²) in [5, 5.41) is 1.10. The third-order valence-corrected chi connectivity index (χ3v) is 6.17. The lowest BCUT2D eigenvalue weighted by Gasteiger charge is -2.33. The van der Waals surface area contributed by atoms with Crippen LogP contribution in [0.4, 0.5) is 10.3 Å². The number of anilines is 1. The normalized spacial score (nSPS) is 27.6. The fraction of sp³-hybridized carbons (Fsp3) is 0.429. The van der Waals surface area contributed by atoms with Crippen molar-refractivity contribution in [2.24, 2.45) is 10.9 Å². The van der Waals surface area contributed by atoms with Gasteiger partial charge in [-0.2, -0.15) is 0 Å². The number of nitrogens with zero attached hydrogens (tertiary/aromatic N) is 5. The average Bonchev–Trinajstić information content (AvgIpc) is 3.15. The number of hydrogen-bond donors (Lipinski definition) is 0. The average molecular weight is 335 g/mol. The summed E-state index contributed by atoms with van der Waals surface area (Å²) in [4.78, 5) is 20.8. The van der Waals surface area contributed by atoms with Gasteiger partial charge in [-0.05, 0) is 6.92 Å². The molecule has 0 amide bonds. The minimum absolute atomic E-state index is 0.270. The van der Waals surface area contributed by atoms with E-state index in [1.54, 1.807) is 23.1 Å². The molecule has 0 saturated carbocycles. The number of aromatic nitrogens is 3. The predicted molar refractivity (Wildman–Crippen MR) is 87.1 cm³/mol. The quantitative estimate of drug-likeness (QED) is 0.844. The van der Waals surface area contributed by atoms with E-state index in [0.29, 0.717) is 18.4 Å². The molecule has 0 radical (unpaired) electrons. The molecule has 1 saturated heterocycles. The maximum Gasteiger partial charge on any atom is 0.225 e. The van der Waals surface area contributed by atoms with Gasteiger partial charge >= 0.3 is 0 Å². The van der Waals surface area contributed by atoms with Crippen LogP contribution in [-0.2, 0) is 5.54 Å². The summed E-state index contributed by atoms with van der Waals surface area (Å²) in [6.07, 6.45) is 4.35. The SMILES string of the molecule is CC1=NC2(c3cncs3)CN(c3ncc(F)cn3)CC2CS1. The minimum Gasteiger partial charge on any atom is -0.338 e. The fourth-order valence-electron chi connectivity index (χ4n) is 3.14. The van der Waals surface area contributed by atoms with Gasteiger partial charge in [0.05, 0.1) is 34.4 Å². The molecule has 5 nitrogen and oxygen atoms in total. The highest BCUT2D eigenvalue weighted by Crippen LogP contribution is 2.47. The number of thioether (sulfide) groups is 1. The molecule has 2 aromatic heterocycles. The van der Waals surface area contributed by atoms with Crippen molar-refractivity contribution >= 4 is 34.1 Å². The number of aliphatic imine (C=N–C) groups is 1. The van der Waals surface area contributed by atoms with Gasteiger partial charge in [-0.3, -0.25) is 9.98 Å². The molecule has 2 aliphatic rings. The zero-order chi connectivity index (χ0) is 15.2. The molecule has 114 valence electrons. The first-order valence-corrected chi connectivity index (χ1v) is 8.84. The fourth-order valence-corrected chi connectivity index (χ4v) is 5.03. The van der Waals surface area contributed by atoms with E-state index in [4.69, 9.17) is 4.99 Å². The van der Waals surface area contributed by atoms with E-state index in [1.807, 2.05) is 11.7 Å². The van der Waals surface area contributed by atoms with Crippen molar-refractivity contribution < 1.29 is 4.39 Å². The van der Waals surface area contributed by atoms with Crippen molar-refractivity contribution in [1.82, 2.24) is 15.0 Å². The molecule has 0 aromatic carbocycles. The summed E-state index contributed by atoms with van der Waals surface area (Å²) < 4.78 is 13.0. The summed E-state index contributed by atoms with van der Waals surface area (Å²) in [5.41, 5.74) is 1.58. The number of thiazole rings is 1. The standard InChI is InChI=1S/C14H14FN5S2/c1-9-19-14(12-4-16-8-22-12)7-20(5-10(14)6-21-9)13-17-2-11(15)3-18-13/h2-4,8,10H,5-7H2,1H3. The molecule has 8 heteroatoms. The molecular formula is C14H14FN5S2. The number of rotatable bonds is 2. The first-order valence-electron chi connectivity index (χ1n) is 6.98. The highest BCUT2D eigenvalue weighted by molar-refractivity contribution is 8.13. The molecule has 1 fully saturated rings. The maximum atomic E-state index is 13.0. The molecule has 4 rings (SSSR count). The van der Waals surface area contributed by atoms with Gasteiger partial charge in [-0.1, -0.05) is 0 Å². The molecule has 0 aliphatic carbocycles. The second kappa shape index (κ2) is 5.27. The molecule has 2 aromatic rings. The van der Waals surface area contributed by atoms with E-state index in [-0.39, 0.29) is 5.54 Å². The first-order chi connectivity index (χ1) is 10.7. The van der Waals surface area contributed by atoms with Gasteiger partial charge in [-0.15, -0.1) is 23.1 Å². The van der Waals surface area contributed by atoms with Crippen molar-refractivity contribution in [3.05, 3.63) is 34.8 Å². The Morgan fingerprint density at radius 2 is 2.14 bits per heavy atom. The summed E-state index contributed by atoms with van der Waals surface area (Å²) in [5.74, 6) is 1.56. The Bertz CT molecular complexity index is 703. The minimum atomic E-state index is -0.415. The number of fused-ring (bicyclic) bond motifs is 1. The van der Waals surface area contributed by atoms with Crippen molar-refractivity contribution in [1.29, 1.82) is 0 Å². The van der Waals surface area contributed by atoms with Gasteiger partial charge < -0.3 is 4.90 Å². The van der Waals surface area contributed by atoms with E-state index in [2.05, 4.69) is 26.8 Å². The van der Waals surface area contributed by atoms with Gasteiger partial charge in [0.2, 0.25) is 5.95 Å². The van der Waals surface area contributed by atoms with Gasteiger partial charge in [-0.25, -0.2) is 14.4 Å². The molecule has 0 bridgehead atoms. The molecule has 0 N–H and O–H groups in total. The molecule has 2 unspecified atom stereocenters. The van der Waals surface area contributed by atoms with Gasteiger partial charge in [0, 0.05) is 24.4 Å². The molecule has 0 spiro atoms. The third-order valence-electron chi connectivity index (χ3n) is 4.15. The number of halogens is 1. The summed E-state index contributed by atoms with van der Waals surface area (Å²) >= 11 is 3.44. The van der Waals surface area contributed by atoms with E-state index >= 15 is 0 Å². The van der Waals surface area contributed by atoms with Crippen LogP contribution >= 0.6 is 23.1 Å². The van der Waals surface area contributed by atoms with E-state index in [1.165, 1.54) is 17.3 Å². The highest BCUT2D eigenvalue weighted by Gasteiger charge is 2.51. The van der Waals surface area contributed by atoms with Crippen LogP contribution in [-0.4, -0.2) is 38.8 Å². The van der Waals surface area contributed by atoms with Crippen molar-refractivity contribution in [3.63, 3.8) is 0 Å². The molecular weight excluding hydrogens is 321 g/mol. The molecule has 4 heterocycles. The predicted octanol–water partition coefficient (Wildman–Crippen LogP) is 2.57. The second-order valence-electron chi connectivity index (χ2n) is 5.51. The highest BCUT2D eigenvalue weighted by atomic mass is 32.2. The number of hydrogen-bond acceptors (Lipinski definition) is 7. The van der Waals surface area contributed by atoms with Gasteiger partial charge in [0.25, 0.3) is 0 Å². The zero-order valence-electron chi connectivity index (χ0n) is 11.9. The van der Waals surface area contributed by atoms with E-state index in [9.17, 15) is 4.39 Å². The molecule has 2 atom stereocenters. The lowest BCUT2D eigenvalue weighted by molar-refractivity contribution is 0.395. The van der Waals surface area contributed by atoms with Gasteiger partial charge in [0.15, 0.2) is 5.82 Å². The maximum absolute atomic E-state index is 13.0. The Morgan fingerprint density at radius 3 is 2.86 bits per heavy atom. The summed E-state index contributed by atoms with van der Waals surface area (Å²) in [6.45, 7) is 3.59. The van der Waals surface area contributed by atoms with Crippen LogP contribution < -0.4 is 4.90 Å². The van der Waals surface area contributed by atoms with Crippen LogP contribution in [0, 0.1) is 11.7 Å². The Kier molecular flexibility index (Phi) is 3.37. The van der Waals surface area contributed by atoms with Gasteiger partial charge in [0.1, 0.15) is 5.54 Å². The Labute approximate surface area is 135 Å². The van der Waals surface area contributed by atoms with Crippen LogP contribution in [0.2, 0.25) is 0 Å². The molecule has 22 heavy (non-hydrogen) atoms. The van der Waals surface area contributed by atoms with E-state index in [0.717, 1.165) is 17.3 Å². The van der Waals surface area contributed by atoms with Crippen LogP contribution in [0.25, 0.3) is 0 Å². The van der Waals surface area contributed by atoms with E-state index < -0.39 is 5.82 Å². The van der Waals surface area contributed by atoms with Crippen LogP contribution in [0.1, 0.15) is 11.8 Å². The summed E-state index contributed by atoms with van der Waals surface area (Å²) in [7, 11) is 0. The topological polar surface area (TPSA) is 54.3 Å². The molecule has 2 aliphatic heterocycles. The second-order valence-corrected chi connectivity index (χ2v) is 7.61. The lowest BCUT2D eigenvalue weighted by Crippen LogP contribution is -2.37. The lowest BCUT2D eigenvalue weighted by atomic mass is 9.87. The van der Waals surface area contributed by atoms with Crippen LogP contribution in [0.5, 0.6) is 0 Å². The van der Waals surface area contributed by atoms with Crippen molar-refractivity contribution in [3.8, 4) is 0 Å². The van der Waals surface area contributed by atoms with Crippen molar-refractivity contribution in [2.75, 3.05) is 23.7 Å². The Balaban J connectivity index is 1.73. The smallest absolute Gasteiger partial charge is 0.225 e. The van der Waals surface area contributed by atoms with Crippen LogP contribution in [0.3, 0.4) is 0 Å². The monoisotopic (exact) mass is 335 g/mol. The largest absolute Gasteiger partial charge is 0.338 e. The first kappa shape index (κ1) is 14.1. The Hall–Kier alpha value is -1.54. The third kappa shape index (κ3) is 2.21. The summed E-state index contributed by atoms with van der Waals surface area (Å²) in [6, 6.07) is 0. The van der Waals surface area contributed by atoms with Crippen LogP contribution in [0.15, 0.2) is 29.1 Å².